The van der Waals surface area contributed by atoms with E-state index in [1.807, 2.05) is 49.4 Å². The number of aromatic nitrogens is 2. The molecule has 0 aliphatic rings. The minimum absolute atomic E-state index is 0.546. The molecule has 0 spiro atoms. The Hall–Kier alpha value is -2.88. The molecule has 0 radical (unpaired) electrons. The Morgan fingerprint density at radius 1 is 1.13 bits per heavy atom. The molecule has 0 unspecified atom stereocenters. The highest BCUT2D eigenvalue weighted by atomic mass is 16.5. The van der Waals surface area contributed by atoms with Crippen molar-refractivity contribution < 1.29 is 9.47 Å². The molecule has 0 atom stereocenters. The van der Waals surface area contributed by atoms with E-state index in [1.165, 1.54) is 0 Å². The molecule has 3 aromatic rings. The second-order valence-electron chi connectivity index (χ2n) is 4.98. The van der Waals surface area contributed by atoms with Gasteiger partial charge in [-0.3, -0.25) is 4.98 Å². The van der Waals surface area contributed by atoms with Crippen molar-refractivity contribution in [1.82, 2.24) is 9.97 Å². The zero-order valence-electron chi connectivity index (χ0n) is 13.2. The summed E-state index contributed by atoms with van der Waals surface area (Å²) in [6, 6.07) is 13.6. The van der Waals surface area contributed by atoms with Gasteiger partial charge >= 0.3 is 0 Å². The Kier molecular flexibility index (Phi) is 4.24. The van der Waals surface area contributed by atoms with E-state index in [0.29, 0.717) is 12.4 Å². The van der Waals surface area contributed by atoms with Gasteiger partial charge in [-0.15, -0.1) is 0 Å². The van der Waals surface area contributed by atoms with Gasteiger partial charge in [-0.1, -0.05) is 18.7 Å². The van der Waals surface area contributed by atoms with Gasteiger partial charge in [0.05, 0.1) is 30.4 Å². The van der Waals surface area contributed by atoms with Crippen molar-refractivity contribution in [3.8, 4) is 17.0 Å². The Morgan fingerprint density at radius 2 is 1.96 bits per heavy atom. The van der Waals surface area contributed by atoms with Crippen LogP contribution in [0, 0.1) is 0 Å². The van der Waals surface area contributed by atoms with Crippen LogP contribution in [-0.2, 0) is 4.74 Å². The smallest absolute Gasteiger partial charge is 0.128 e. The fraction of sp³-hybridized carbons (Fsp3) is 0.158. The predicted octanol–water partition coefficient (Wildman–Crippen LogP) is 4.31. The molecular weight excluding hydrogens is 288 g/mol. The molecular formula is C19H18N2O2. The first kappa shape index (κ1) is 15.0. The number of pyridine rings is 2. The van der Waals surface area contributed by atoms with Crippen LogP contribution in [0.3, 0.4) is 0 Å². The van der Waals surface area contributed by atoms with Gasteiger partial charge in [0.2, 0.25) is 0 Å². The Morgan fingerprint density at radius 3 is 2.74 bits per heavy atom. The summed E-state index contributed by atoms with van der Waals surface area (Å²) in [6.07, 6.45) is 1.75. The largest absolute Gasteiger partial charge is 0.496 e. The van der Waals surface area contributed by atoms with Crippen molar-refractivity contribution in [1.29, 1.82) is 0 Å². The van der Waals surface area contributed by atoms with E-state index in [0.717, 1.165) is 33.6 Å². The maximum atomic E-state index is 5.61. The van der Waals surface area contributed by atoms with Crippen LogP contribution in [0.1, 0.15) is 12.5 Å². The highest BCUT2D eigenvalue weighted by molar-refractivity contribution is 5.87. The van der Waals surface area contributed by atoms with E-state index < -0.39 is 0 Å². The molecule has 116 valence electrons. The standard InChI is InChI=1S/C19H18N2O2/c1-4-23-13(2)15-12-17-16(9-7-11-20-17)21-19(15)14-8-5-6-10-18(14)22-3/h5-12H,2,4H2,1,3H3. The normalized spacial score (nSPS) is 10.5. The molecule has 0 aliphatic heterocycles. The van der Waals surface area contributed by atoms with Crippen LogP contribution in [0.25, 0.3) is 28.0 Å². The summed E-state index contributed by atoms with van der Waals surface area (Å²) >= 11 is 0. The summed E-state index contributed by atoms with van der Waals surface area (Å²) in [4.78, 5) is 9.15. The lowest BCUT2D eigenvalue weighted by Gasteiger charge is -2.15. The second kappa shape index (κ2) is 6.48. The number of hydrogen-bond acceptors (Lipinski definition) is 4. The number of fused-ring (bicyclic) bond motifs is 1. The summed E-state index contributed by atoms with van der Waals surface area (Å²) < 4.78 is 11.1. The van der Waals surface area contributed by atoms with Crippen LogP contribution in [0.5, 0.6) is 5.75 Å². The van der Waals surface area contributed by atoms with Gasteiger partial charge < -0.3 is 9.47 Å². The van der Waals surface area contributed by atoms with E-state index in [2.05, 4.69) is 11.6 Å². The molecule has 0 saturated heterocycles. The van der Waals surface area contributed by atoms with E-state index in [4.69, 9.17) is 14.5 Å². The van der Waals surface area contributed by atoms with Gasteiger partial charge in [-0.2, -0.15) is 0 Å². The average molecular weight is 306 g/mol. The number of para-hydroxylation sites is 1. The molecule has 0 bridgehead atoms. The Bertz CT molecular complexity index is 859. The number of ether oxygens (including phenoxy) is 2. The molecule has 2 aromatic heterocycles. The summed E-state index contributed by atoms with van der Waals surface area (Å²) in [6.45, 7) is 6.51. The predicted molar refractivity (Wildman–Crippen MR) is 92.2 cm³/mol. The van der Waals surface area contributed by atoms with Gasteiger partial charge in [0, 0.05) is 17.3 Å². The van der Waals surface area contributed by atoms with Crippen LogP contribution in [0.4, 0.5) is 0 Å². The van der Waals surface area contributed by atoms with Gasteiger partial charge in [-0.05, 0) is 37.3 Å². The minimum atomic E-state index is 0.546. The summed E-state index contributed by atoms with van der Waals surface area (Å²) in [5.41, 5.74) is 4.13. The quantitative estimate of drug-likeness (QED) is 0.659. The van der Waals surface area contributed by atoms with E-state index >= 15 is 0 Å². The van der Waals surface area contributed by atoms with E-state index in [-0.39, 0.29) is 0 Å². The zero-order chi connectivity index (χ0) is 16.2. The second-order valence-corrected chi connectivity index (χ2v) is 4.98. The van der Waals surface area contributed by atoms with Gasteiger partial charge in [0.25, 0.3) is 0 Å². The lowest BCUT2D eigenvalue weighted by atomic mass is 10.0. The molecule has 0 fully saturated rings. The van der Waals surface area contributed by atoms with Crippen LogP contribution >= 0.6 is 0 Å². The molecule has 0 saturated carbocycles. The van der Waals surface area contributed by atoms with E-state index in [1.54, 1.807) is 13.3 Å². The maximum absolute atomic E-state index is 5.61. The summed E-state index contributed by atoms with van der Waals surface area (Å²) in [5, 5.41) is 0. The maximum Gasteiger partial charge on any atom is 0.128 e. The highest BCUT2D eigenvalue weighted by Crippen LogP contribution is 2.35. The van der Waals surface area contributed by atoms with Crippen LogP contribution in [0.15, 0.2) is 55.2 Å². The fourth-order valence-electron chi connectivity index (χ4n) is 2.51. The first-order valence-corrected chi connectivity index (χ1v) is 7.45. The number of nitrogens with zero attached hydrogens (tertiary/aromatic N) is 2. The van der Waals surface area contributed by atoms with Gasteiger partial charge in [-0.25, -0.2) is 4.98 Å². The monoisotopic (exact) mass is 306 g/mol. The zero-order valence-corrected chi connectivity index (χ0v) is 13.2. The number of methoxy groups -OCH3 is 1. The highest BCUT2D eigenvalue weighted by Gasteiger charge is 2.16. The summed E-state index contributed by atoms with van der Waals surface area (Å²) in [5.74, 6) is 1.34. The molecule has 1 aromatic carbocycles. The molecule has 0 aliphatic carbocycles. The Balaban J connectivity index is 2.28. The van der Waals surface area contributed by atoms with Crippen LogP contribution < -0.4 is 4.74 Å². The summed E-state index contributed by atoms with van der Waals surface area (Å²) in [7, 11) is 1.65. The third kappa shape index (κ3) is 2.88. The van der Waals surface area contributed by atoms with Crippen molar-refractivity contribution in [3.05, 3.63) is 60.8 Å². The topological polar surface area (TPSA) is 44.2 Å². The van der Waals surface area contributed by atoms with Gasteiger partial charge in [0.15, 0.2) is 0 Å². The van der Waals surface area contributed by atoms with Crippen molar-refractivity contribution in [2.75, 3.05) is 13.7 Å². The molecule has 2 heterocycles. The molecule has 0 N–H and O–H groups in total. The number of hydrogen-bond donors (Lipinski definition) is 0. The van der Waals surface area contributed by atoms with Crippen molar-refractivity contribution in [3.63, 3.8) is 0 Å². The fourth-order valence-corrected chi connectivity index (χ4v) is 2.51. The molecule has 3 rings (SSSR count). The first-order valence-electron chi connectivity index (χ1n) is 7.45. The van der Waals surface area contributed by atoms with Crippen molar-refractivity contribution >= 4 is 16.8 Å². The third-order valence-electron chi connectivity index (χ3n) is 3.57. The van der Waals surface area contributed by atoms with Crippen LogP contribution in [0.2, 0.25) is 0 Å². The lowest BCUT2D eigenvalue weighted by Crippen LogP contribution is -1.99. The molecule has 0 amide bonds. The SMILES string of the molecule is C=C(OCC)c1cc2ncccc2nc1-c1ccccc1OC. The Labute approximate surface area is 135 Å². The molecule has 4 nitrogen and oxygen atoms in total. The van der Waals surface area contributed by atoms with E-state index in [9.17, 15) is 0 Å². The molecule has 4 heteroatoms. The lowest BCUT2D eigenvalue weighted by molar-refractivity contribution is 0.299. The first-order chi connectivity index (χ1) is 11.2. The minimum Gasteiger partial charge on any atom is -0.496 e. The molecule has 23 heavy (non-hydrogen) atoms. The number of rotatable bonds is 5. The van der Waals surface area contributed by atoms with Crippen molar-refractivity contribution in [2.45, 2.75) is 6.92 Å². The van der Waals surface area contributed by atoms with Crippen molar-refractivity contribution in [2.24, 2.45) is 0 Å². The number of benzene rings is 1. The third-order valence-corrected chi connectivity index (χ3v) is 3.57. The average Bonchev–Trinajstić information content (AvgIpc) is 2.60. The van der Waals surface area contributed by atoms with Gasteiger partial charge in [0.1, 0.15) is 11.5 Å². The van der Waals surface area contributed by atoms with Crippen LogP contribution in [-0.4, -0.2) is 23.7 Å².